The third-order valence-corrected chi connectivity index (χ3v) is 2.52. The molecule has 0 saturated heterocycles. The van der Waals surface area contributed by atoms with E-state index in [1.165, 1.54) is 12.1 Å². The number of carbonyl (C=O) groups is 1. The van der Waals surface area contributed by atoms with Crippen LogP contribution in [-0.4, -0.2) is 11.1 Å². The lowest BCUT2D eigenvalue weighted by atomic mass is 10.1. The van der Waals surface area contributed by atoms with Gasteiger partial charge in [-0.2, -0.15) is 0 Å². The highest BCUT2D eigenvalue weighted by molar-refractivity contribution is 5.96. The number of benzene rings is 2. The van der Waals surface area contributed by atoms with Gasteiger partial charge in [-0.15, -0.1) is 0 Å². The molecule has 0 aliphatic rings. The van der Waals surface area contributed by atoms with E-state index in [-0.39, 0.29) is 23.6 Å². The molecule has 0 atom stereocenters. The van der Waals surface area contributed by atoms with Crippen LogP contribution in [0.25, 0.3) is 0 Å². The molecule has 92 valence electrons. The van der Waals surface area contributed by atoms with E-state index in [1.807, 2.05) is 30.3 Å². The number of nitrogens with two attached hydrogens (primary N) is 1. The molecule has 0 spiro atoms. The summed E-state index contributed by atoms with van der Waals surface area (Å²) in [5.41, 5.74) is 6.70. The monoisotopic (exact) mass is 243 g/mol. The van der Waals surface area contributed by atoms with Crippen molar-refractivity contribution in [3.05, 3.63) is 59.7 Å². The van der Waals surface area contributed by atoms with Gasteiger partial charge in [0.25, 0.3) is 0 Å². The summed E-state index contributed by atoms with van der Waals surface area (Å²) in [4.78, 5) is 11.8. The summed E-state index contributed by atoms with van der Waals surface area (Å²) in [6.45, 7) is 0.175. The Morgan fingerprint density at radius 1 is 1.11 bits per heavy atom. The van der Waals surface area contributed by atoms with Crippen LogP contribution in [0.1, 0.15) is 15.9 Å². The van der Waals surface area contributed by atoms with E-state index in [2.05, 4.69) is 0 Å². The minimum Gasteiger partial charge on any atom is -0.506 e. The molecule has 0 aliphatic heterocycles. The fourth-order valence-electron chi connectivity index (χ4n) is 1.53. The van der Waals surface area contributed by atoms with E-state index in [0.717, 1.165) is 5.56 Å². The summed E-state index contributed by atoms with van der Waals surface area (Å²) in [6.07, 6.45) is 0. The molecule has 0 fully saturated rings. The topological polar surface area (TPSA) is 72.5 Å². The summed E-state index contributed by atoms with van der Waals surface area (Å²) in [6, 6.07) is 13.8. The average molecular weight is 243 g/mol. The molecule has 0 unspecified atom stereocenters. The van der Waals surface area contributed by atoms with Crippen molar-refractivity contribution < 1.29 is 14.6 Å². The quantitative estimate of drug-likeness (QED) is 0.493. The Hall–Kier alpha value is -2.49. The fraction of sp³-hybridized carbons (Fsp3) is 0.0714. The van der Waals surface area contributed by atoms with Crippen LogP contribution < -0.4 is 5.73 Å². The molecule has 4 nitrogen and oxygen atoms in total. The Morgan fingerprint density at radius 2 is 1.83 bits per heavy atom. The number of hydrogen-bond donors (Lipinski definition) is 2. The van der Waals surface area contributed by atoms with Gasteiger partial charge in [-0.25, -0.2) is 4.79 Å². The number of rotatable bonds is 3. The van der Waals surface area contributed by atoms with E-state index >= 15 is 0 Å². The van der Waals surface area contributed by atoms with Crippen molar-refractivity contribution in [2.24, 2.45) is 0 Å². The Kier molecular flexibility index (Phi) is 3.48. The number of nitrogen functional groups attached to an aromatic ring is 1. The van der Waals surface area contributed by atoms with Gasteiger partial charge < -0.3 is 15.6 Å². The standard InChI is InChI=1S/C14H13NO3/c15-13-11(7-4-8-12(13)16)14(17)18-9-10-5-2-1-3-6-10/h1-8,16H,9,15H2. The number of hydrogen-bond acceptors (Lipinski definition) is 4. The van der Waals surface area contributed by atoms with Crippen molar-refractivity contribution in [1.29, 1.82) is 0 Å². The van der Waals surface area contributed by atoms with Gasteiger partial charge in [0.05, 0.1) is 11.3 Å². The molecule has 0 bridgehead atoms. The van der Waals surface area contributed by atoms with Crippen LogP contribution in [0.2, 0.25) is 0 Å². The van der Waals surface area contributed by atoms with Crippen molar-refractivity contribution in [2.45, 2.75) is 6.61 Å². The van der Waals surface area contributed by atoms with Gasteiger partial charge in [-0.1, -0.05) is 36.4 Å². The van der Waals surface area contributed by atoms with Gasteiger partial charge in [0, 0.05) is 0 Å². The van der Waals surface area contributed by atoms with E-state index in [9.17, 15) is 9.90 Å². The highest BCUT2D eigenvalue weighted by Gasteiger charge is 2.13. The molecule has 0 saturated carbocycles. The van der Waals surface area contributed by atoms with Crippen LogP contribution >= 0.6 is 0 Å². The zero-order chi connectivity index (χ0) is 13.0. The van der Waals surface area contributed by atoms with E-state index in [0.29, 0.717) is 0 Å². The second-order valence-corrected chi connectivity index (χ2v) is 3.80. The summed E-state index contributed by atoms with van der Waals surface area (Å²) in [5.74, 6) is -0.670. The van der Waals surface area contributed by atoms with Crippen molar-refractivity contribution in [2.75, 3.05) is 5.73 Å². The highest BCUT2D eigenvalue weighted by Crippen LogP contribution is 2.24. The maximum Gasteiger partial charge on any atom is 0.340 e. The number of phenols is 1. The number of anilines is 1. The summed E-state index contributed by atoms with van der Waals surface area (Å²) in [7, 11) is 0. The van der Waals surface area contributed by atoms with Crippen LogP contribution in [0.3, 0.4) is 0 Å². The van der Waals surface area contributed by atoms with E-state index < -0.39 is 5.97 Å². The van der Waals surface area contributed by atoms with Gasteiger partial charge >= 0.3 is 5.97 Å². The van der Waals surface area contributed by atoms with Crippen LogP contribution in [0.5, 0.6) is 5.75 Å². The van der Waals surface area contributed by atoms with Crippen LogP contribution in [0, 0.1) is 0 Å². The number of para-hydroxylation sites is 1. The number of phenolic OH excluding ortho intramolecular Hbond substituents is 1. The first-order chi connectivity index (χ1) is 8.68. The van der Waals surface area contributed by atoms with Crippen LogP contribution in [-0.2, 0) is 11.3 Å². The maximum atomic E-state index is 11.8. The molecule has 0 aliphatic carbocycles. The fourth-order valence-corrected chi connectivity index (χ4v) is 1.53. The summed E-state index contributed by atoms with van der Waals surface area (Å²) < 4.78 is 5.12. The van der Waals surface area contributed by atoms with E-state index in [1.54, 1.807) is 6.07 Å². The van der Waals surface area contributed by atoms with Gasteiger partial charge in [0.1, 0.15) is 12.4 Å². The molecule has 18 heavy (non-hydrogen) atoms. The predicted molar refractivity (Wildman–Crippen MR) is 68.1 cm³/mol. The first kappa shape index (κ1) is 12.0. The third kappa shape index (κ3) is 2.60. The zero-order valence-corrected chi connectivity index (χ0v) is 9.67. The normalized spacial score (nSPS) is 10.0. The van der Waals surface area contributed by atoms with Crippen molar-refractivity contribution in [3.63, 3.8) is 0 Å². The first-order valence-electron chi connectivity index (χ1n) is 5.47. The number of carbonyl (C=O) groups excluding carboxylic acids is 1. The van der Waals surface area contributed by atoms with E-state index in [4.69, 9.17) is 10.5 Å². The summed E-state index contributed by atoms with van der Waals surface area (Å²) in [5, 5.41) is 9.40. The molecule has 0 amide bonds. The lowest BCUT2D eigenvalue weighted by Crippen LogP contribution is -2.08. The summed E-state index contributed by atoms with van der Waals surface area (Å²) >= 11 is 0. The van der Waals surface area contributed by atoms with Crippen molar-refractivity contribution >= 4 is 11.7 Å². The Balaban J connectivity index is 2.07. The third-order valence-electron chi connectivity index (χ3n) is 2.52. The van der Waals surface area contributed by atoms with Crippen LogP contribution in [0.4, 0.5) is 5.69 Å². The molecule has 2 aromatic carbocycles. The second kappa shape index (κ2) is 5.23. The lowest BCUT2D eigenvalue weighted by Gasteiger charge is -2.07. The maximum absolute atomic E-state index is 11.8. The SMILES string of the molecule is Nc1c(O)cccc1C(=O)OCc1ccccc1. The Bertz CT molecular complexity index is 552. The lowest BCUT2D eigenvalue weighted by molar-refractivity contribution is 0.0473. The predicted octanol–water partition coefficient (Wildman–Crippen LogP) is 2.33. The minimum absolute atomic E-state index is 0.0376. The highest BCUT2D eigenvalue weighted by atomic mass is 16.5. The average Bonchev–Trinajstić information content (AvgIpc) is 2.40. The molecular formula is C14H13NO3. The van der Waals surface area contributed by atoms with Crippen LogP contribution in [0.15, 0.2) is 48.5 Å². The molecule has 0 radical (unpaired) electrons. The molecule has 3 N–H and O–H groups in total. The number of esters is 1. The molecule has 2 aromatic rings. The zero-order valence-electron chi connectivity index (χ0n) is 9.67. The van der Waals surface area contributed by atoms with Crippen molar-refractivity contribution in [3.8, 4) is 5.75 Å². The largest absolute Gasteiger partial charge is 0.506 e. The molecule has 0 heterocycles. The smallest absolute Gasteiger partial charge is 0.340 e. The first-order valence-corrected chi connectivity index (χ1v) is 5.47. The Morgan fingerprint density at radius 3 is 2.56 bits per heavy atom. The van der Waals surface area contributed by atoms with Gasteiger partial charge in [0.2, 0.25) is 0 Å². The molecule has 2 rings (SSSR count). The van der Waals surface area contributed by atoms with Gasteiger partial charge in [-0.05, 0) is 17.7 Å². The van der Waals surface area contributed by atoms with Gasteiger partial charge in [0.15, 0.2) is 0 Å². The minimum atomic E-state index is -0.549. The second-order valence-electron chi connectivity index (χ2n) is 3.80. The Labute approximate surface area is 105 Å². The molecule has 4 heteroatoms. The van der Waals surface area contributed by atoms with Crippen molar-refractivity contribution in [1.82, 2.24) is 0 Å². The van der Waals surface area contributed by atoms with Gasteiger partial charge in [-0.3, -0.25) is 0 Å². The molecule has 0 aromatic heterocycles. The number of aromatic hydroxyl groups is 1. The number of ether oxygens (including phenoxy) is 1. The molecular weight excluding hydrogens is 230 g/mol.